The van der Waals surface area contributed by atoms with Crippen molar-refractivity contribution >= 4 is 75.1 Å². The summed E-state index contributed by atoms with van der Waals surface area (Å²) in [5, 5.41) is 7.33. The van der Waals surface area contributed by atoms with Crippen molar-refractivity contribution in [2.75, 3.05) is 0 Å². The average Bonchev–Trinajstić information content (AvgIpc) is 4.02. The van der Waals surface area contributed by atoms with Crippen LogP contribution in [0.2, 0.25) is 0 Å². The Hall–Kier alpha value is -8.19. The molecule has 0 fully saturated rings. The molecule has 9 aromatic carbocycles. The smallest absolute Gasteiger partial charge is 0.166 e. The van der Waals surface area contributed by atoms with E-state index in [9.17, 15) is 0 Å². The summed E-state index contributed by atoms with van der Waals surface area (Å²) >= 11 is 1.86. The summed E-state index contributed by atoms with van der Waals surface area (Å²) in [5.41, 5.74) is 11.9. The lowest BCUT2D eigenvalue weighted by molar-refractivity contribution is 1.07. The Balaban J connectivity index is 1.07. The van der Waals surface area contributed by atoms with Gasteiger partial charge in [-0.25, -0.2) is 15.0 Å². The van der Waals surface area contributed by atoms with Crippen molar-refractivity contribution in [3.8, 4) is 56.7 Å². The number of hydrogen-bond donors (Lipinski definition) is 0. The lowest BCUT2D eigenvalue weighted by Gasteiger charge is -2.13. The maximum absolute atomic E-state index is 5.33. The number of para-hydroxylation sites is 4. The zero-order chi connectivity index (χ0) is 41.4. The first kappa shape index (κ1) is 35.6. The first-order chi connectivity index (χ1) is 31.2. The van der Waals surface area contributed by atoms with Gasteiger partial charge in [-0.3, -0.25) is 0 Å². The Bertz CT molecular complexity index is 3850. The van der Waals surface area contributed by atoms with E-state index in [0.29, 0.717) is 17.5 Å². The summed E-state index contributed by atoms with van der Waals surface area (Å²) < 4.78 is 7.34. The van der Waals surface area contributed by atoms with Crippen LogP contribution in [-0.2, 0) is 0 Å². The predicted octanol–water partition coefficient (Wildman–Crippen LogP) is 15.1. The molecule has 0 amide bonds. The zero-order valence-electron chi connectivity index (χ0n) is 33.9. The van der Waals surface area contributed by atoms with Crippen LogP contribution in [-0.4, -0.2) is 24.1 Å². The predicted molar refractivity (Wildman–Crippen MR) is 263 cm³/mol. The van der Waals surface area contributed by atoms with Gasteiger partial charge in [0.05, 0.1) is 26.8 Å². The van der Waals surface area contributed by atoms with E-state index in [1.165, 1.54) is 52.9 Å². The number of nitrogens with zero attached hydrogens (tertiary/aromatic N) is 5. The fourth-order valence-electron chi connectivity index (χ4n) is 9.53. The van der Waals surface area contributed by atoms with Gasteiger partial charge in [-0.05, 0) is 65.7 Å². The van der Waals surface area contributed by atoms with Crippen LogP contribution in [0.25, 0.3) is 120 Å². The summed E-state index contributed by atoms with van der Waals surface area (Å²) in [4.78, 5) is 15.7. The molecule has 13 rings (SSSR count). The van der Waals surface area contributed by atoms with Gasteiger partial charge >= 0.3 is 0 Å². The normalized spacial score (nSPS) is 11.8. The van der Waals surface area contributed by atoms with Gasteiger partial charge in [0.25, 0.3) is 0 Å². The molecule has 5 nitrogen and oxygen atoms in total. The molecule has 0 radical (unpaired) electrons. The standard InChI is InChI=1S/C57H35N5S/c1-4-16-36(17-5-1)38-20-14-21-39(34-38)56-58-55(37-18-6-2-7-19-37)59-57(60-56)47-27-15-26-44-45-31-32-46-48-35-41(61-49-28-12-10-24-42(49)43-25-11-13-29-50(43)61)30-33-51(48)63-54(46)53(45)62(52(44)47)40-22-8-3-9-23-40/h1-35H. The van der Waals surface area contributed by atoms with Crippen molar-refractivity contribution in [2.45, 2.75) is 0 Å². The zero-order valence-corrected chi connectivity index (χ0v) is 34.7. The largest absolute Gasteiger partial charge is 0.309 e. The maximum atomic E-state index is 5.33. The molecule has 0 unspecified atom stereocenters. The number of rotatable bonds is 6. The lowest BCUT2D eigenvalue weighted by atomic mass is 10.0. The lowest BCUT2D eigenvalue weighted by Crippen LogP contribution is -2.02. The summed E-state index contributed by atoms with van der Waals surface area (Å²) in [6.45, 7) is 0. The molecular weight excluding hydrogens is 787 g/mol. The molecule has 294 valence electrons. The molecule has 0 aliphatic heterocycles. The first-order valence-electron chi connectivity index (χ1n) is 21.2. The van der Waals surface area contributed by atoms with E-state index in [0.717, 1.165) is 50.1 Å². The van der Waals surface area contributed by atoms with E-state index < -0.39 is 0 Å². The highest BCUT2D eigenvalue weighted by Crippen LogP contribution is 2.46. The van der Waals surface area contributed by atoms with Crippen molar-refractivity contribution in [1.29, 1.82) is 0 Å². The molecule has 0 saturated carbocycles. The highest BCUT2D eigenvalue weighted by molar-refractivity contribution is 7.26. The second-order valence-electron chi connectivity index (χ2n) is 16.0. The summed E-state index contributed by atoms with van der Waals surface area (Å²) in [5.74, 6) is 1.88. The molecule has 13 aromatic rings. The Kier molecular flexibility index (Phi) is 8.01. The van der Waals surface area contributed by atoms with Crippen LogP contribution < -0.4 is 0 Å². The Morgan fingerprint density at radius 3 is 1.62 bits per heavy atom. The Morgan fingerprint density at radius 1 is 0.317 bits per heavy atom. The summed E-state index contributed by atoms with van der Waals surface area (Å²) in [6.07, 6.45) is 0. The molecule has 63 heavy (non-hydrogen) atoms. The van der Waals surface area contributed by atoms with Crippen LogP contribution in [0.5, 0.6) is 0 Å². The monoisotopic (exact) mass is 821 g/mol. The van der Waals surface area contributed by atoms with Crippen LogP contribution in [0.15, 0.2) is 212 Å². The number of benzene rings is 9. The molecule has 4 heterocycles. The average molecular weight is 822 g/mol. The topological polar surface area (TPSA) is 48.5 Å². The van der Waals surface area contributed by atoms with Crippen LogP contribution >= 0.6 is 11.3 Å². The van der Waals surface area contributed by atoms with Gasteiger partial charge in [0.2, 0.25) is 0 Å². The molecule has 4 aromatic heterocycles. The van der Waals surface area contributed by atoms with Crippen molar-refractivity contribution in [3.63, 3.8) is 0 Å². The number of fused-ring (bicyclic) bond motifs is 10. The fraction of sp³-hybridized carbons (Fsp3) is 0. The van der Waals surface area contributed by atoms with Crippen LogP contribution in [0.3, 0.4) is 0 Å². The van der Waals surface area contributed by atoms with Crippen molar-refractivity contribution in [3.05, 3.63) is 212 Å². The van der Waals surface area contributed by atoms with Crippen molar-refractivity contribution < 1.29 is 0 Å². The third-order valence-electron chi connectivity index (χ3n) is 12.4. The number of thiophene rings is 1. The van der Waals surface area contributed by atoms with Gasteiger partial charge in [0.15, 0.2) is 17.5 Å². The molecule has 0 spiro atoms. The summed E-state index contributed by atoms with van der Waals surface area (Å²) in [6, 6.07) is 75.4. The third kappa shape index (κ3) is 5.66. The van der Waals surface area contributed by atoms with Crippen LogP contribution in [0.1, 0.15) is 0 Å². The highest BCUT2D eigenvalue weighted by Gasteiger charge is 2.23. The molecule has 0 atom stereocenters. The van der Waals surface area contributed by atoms with E-state index in [4.69, 9.17) is 15.0 Å². The quantitative estimate of drug-likeness (QED) is 0.168. The van der Waals surface area contributed by atoms with E-state index in [1.807, 2.05) is 35.6 Å². The minimum atomic E-state index is 0.623. The number of aromatic nitrogens is 5. The van der Waals surface area contributed by atoms with Crippen molar-refractivity contribution in [2.24, 2.45) is 0 Å². The molecule has 0 aliphatic carbocycles. The van der Waals surface area contributed by atoms with E-state index in [-0.39, 0.29) is 0 Å². The van der Waals surface area contributed by atoms with Gasteiger partial charge < -0.3 is 9.13 Å². The first-order valence-corrected chi connectivity index (χ1v) is 22.0. The number of hydrogen-bond acceptors (Lipinski definition) is 4. The van der Waals surface area contributed by atoms with E-state index >= 15 is 0 Å². The van der Waals surface area contributed by atoms with Gasteiger partial charge in [-0.15, -0.1) is 11.3 Å². The molecule has 6 heteroatoms. The Labute approximate surface area is 366 Å². The third-order valence-corrected chi connectivity index (χ3v) is 13.6. The minimum Gasteiger partial charge on any atom is -0.309 e. The summed E-state index contributed by atoms with van der Waals surface area (Å²) in [7, 11) is 0. The molecule has 0 bridgehead atoms. The SMILES string of the molecule is c1ccc(-c2cccc(-c3nc(-c4ccccc4)nc(-c4cccc5c6ccc7c8cc(-n9c%10ccccc%10c%10ccccc%109)ccc8sc7c6n(-c6ccccc6)c45)n3)c2)cc1. The van der Waals surface area contributed by atoms with Gasteiger partial charge in [-0.1, -0.05) is 158 Å². The molecule has 0 saturated heterocycles. The van der Waals surface area contributed by atoms with Gasteiger partial charge in [0, 0.05) is 65.1 Å². The van der Waals surface area contributed by atoms with Gasteiger partial charge in [-0.2, -0.15) is 0 Å². The van der Waals surface area contributed by atoms with Crippen molar-refractivity contribution in [1.82, 2.24) is 24.1 Å². The van der Waals surface area contributed by atoms with E-state index in [1.54, 1.807) is 0 Å². The van der Waals surface area contributed by atoms with Crippen LogP contribution in [0.4, 0.5) is 0 Å². The van der Waals surface area contributed by atoms with Crippen LogP contribution in [0, 0.1) is 0 Å². The fourth-order valence-corrected chi connectivity index (χ4v) is 10.8. The molecular formula is C57H35N5S. The molecule has 0 aliphatic rings. The van der Waals surface area contributed by atoms with Gasteiger partial charge in [0.1, 0.15) is 0 Å². The van der Waals surface area contributed by atoms with E-state index in [2.05, 4.69) is 197 Å². The second-order valence-corrected chi connectivity index (χ2v) is 17.0. The minimum absolute atomic E-state index is 0.623. The highest BCUT2D eigenvalue weighted by atomic mass is 32.1. The maximum Gasteiger partial charge on any atom is 0.166 e. The molecule has 0 N–H and O–H groups in total. The Morgan fingerprint density at radius 2 is 0.873 bits per heavy atom. The second kappa shape index (κ2) is 14.2.